The number of carbonyl (C=O) groups excluding carboxylic acids is 1. The zero-order valence-electron chi connectivity index (χ0n) is 12.6. The van der Waals surface area contributed by atoms with Crippen LogP contribution < -0.4 is 0 Å². The normalized spacial score (nSPS) is 12.4. The minimum atomic E-state index is -4.44. The third-order valence-corrected chi connectivity index (χ3v) is 2.98. The van der Waals surface area contributed by atoms with Crippen molar-refractivity contribution in [3.05, 3.63) is 71.6 Å². The Morgan fingerprint density at radius 3 is 2.71 bits per heavy atom. The minimum absolute atomic E-state index is 0.231. The molecule has 0 fully saturated rings. The molecule has 0 amide bonds. The highest BCUT2D eigenvalue weighted by atomic mass is 19.4. The van der Waals surface area contributed by atoms with E-state index < -0.39 is 17.7 Å². The van der Waals surface area contributed by atoms with Gasteiger partial charge < -0.3 is 4.84 Å². The van der Waals surface area contributed by atoms with Gasteiger partial charge in [0.05, 0.1) is 11.3 Å². The Hall–Kier alpha value is -2.96. The molecular weight excluding hydrogens is 321 g/mol. The van der Waals surface area contributed by atoms with E-state index in [1.54, 1.807) is 31.5 Å². The summed E-state index contributed by atoms with van der Waals surface area (Å²) in [5.41, 5.74) is 0.578. The summed E-state index contributed by atoms with van der Waals surface area (Å²) in [5, 5.41) is 3.66. The zero-order chi connectivity index (χ0) is 17.6. The van der Waals surface area contributed by atoms with Crippen molar-refractivity contribution in [2.75, 3.05) is 0 Å². The van der Waals surface area contributed by atoms with Crippen LogP contribution in [0.4, 0.5) is 13.2 Å². The number of rotatable bonds is 4. The Morgan fingerprint density at radius 2 is 2.04 bits per heavy atom. The average molecular weight is 334 g/mol. The molecule has 0 unspecified atom stereocenters. The predicted molar refractivity (Wildman–Crippen MR) is 83.0 cm³/mol. The lowest BCUT2D eigenvalue weighted by molar-refractivity contribution is -0.138. The molecule has 7 heteroatoms. The molecule has 0 aliphatic heterocycles. The lowest BCUT2D eigenvalue weighted by Crippen LogP contribution is -2.04. The molecule has 124 valence electrons. The third kappa shape index (κ3) is 5.05. The number of hydrogen-bond donors (Lipinski definition) is 0. The predicted octanol–water partition coefficient (Wildman–Crippen LogP) is 4.08. The molecule has 2 rings (SSSR count). The maximum Gasteiger partial charge on any atom is 0.416 e. The summed E-state index contributed by atoms with van der Waals surface area (Å²) in [6.07, 6.45) is 0.962. The van der Waals surface area contributed by atoms with Crippen LogP contribution in [0.3, 0.4) is 0 Å². The summed E-state index contributed by atoms with van der Waals surface area (Å²) >= 11 is 0. The molecule has 4 nitrogen and oxygen atoms in total. The Bertz CT molecular complexity index is 769. The summed E-state index contributed by atoms with van der Waals surface area (Å²) in [4.78, 5) is 20.2. The van der Waals surface area contributed by atoms with Crippen LogP contribution in [-0.4, -0.2) is 16.7 Å². The highest BCUT2D eigenvalue weighted by Crippen LogP contribution is 2.29. The highest BCUT2D eigenvalue weighted by Gasteiger charge is 2.30. The van der Waals surface area contributed by atoms with E-state index in [1.807, 2.05) is 0 Å². The van der Waals surface area contributed by atoms with Gasteiger partial charge in [-0.2, -0.15) is 13.2 Å². The number of benzene rings is 1. The van der Waals surface area contributed by atoms with Gasteiger partial charge in [-0.1, -0.05) is 17.3 Å². The number of nitrogens with zero attached hydrogens (tertiary/aromatic N) is 2. The van der Waals surface area contributed by atoms with Gasteiger partial charge in [0.1, 0.15) is 0 Å². The molecule has 1 aromatic heterocycles. The first kappa shape index (κ1) is 17.4. The molecule has 2 aromatic rings. The Labute approximate surface area is 136 Å². The smallest absolute Gasteiger partial charge is 0.313 e. The van der Waals surface area contributed by atoms with E-state index >= 15 is 0 Å². The maximum absolute atomic E-state index is 12.6. The summed E-state index contributed by atoms with van der Waals surface area (Å²) in [5.74, 6) is -0.796. The second-order valence-electron chi connectivity index (χ2n) is 4.79. The van der Waals surface area contributed by atoms with Crippen molar-refractivity contribution in [1.29, 1.82) is 0 Å². The Morgan fingerprint density at radius 1 is 1.25 bits per heavy atom. The van der Waals surface area contributed by atoms with Crippen LogP contribution in [0.25, 0.3) is 6.08 Å². The number of alkyl halides is 3. The fourth-order valence-electron chi connectivity index (χ4n) is 1.76. The summed E-state index contributed by atoms with van der Waals surface area (Å²) in [6.45, 7) is 1.64. The molecule has 0 spiro atoms. The number of aromatic nitrogens is 1. The SMILES string of the molecule is C/C(=N\OC(=O)/C=C/c1cccc(C(F)(F)F)c1)c1cccnc1. The Balaban J connectivity index is 2.01. The standard InChI is InChI=1S/C17H13F3N2O2/c1-12(14-5-3-9-21-11-14)22-24-16(23)8-7-13-4-2-6-15(10-13)17(18,19)20/h2-11H,1H3/b8-7+,22-12+. The maximum atomic E-state index is 12.6. The van der Waals surface area contributed by atoms with Crippen molar-refractivity contribution in [1.82, 2.24) is 4.98 Å². The molecule has 0 saturated carbocycles. The first-order chi connectivity index (χ1) is 11.4. The summed E-state index contributed by atoms with van der Waals surface area (Å²) < 4.78 is 37.8. The van der Waals surface area contributed by atoms with Crippen LogP contribution >= 0.6 is 0 Å². The van der Waals surface area contributed by atoms with Crippen LogP contribution in [0.2, 0.25) is 0 Å². The fourth-order valence-corrected chi connectivity index (χ4v) is 1.76. The van der Waals surface area contributed by atoms with E-state index in [4.69, 9.17) is 0 Å². The van der Waals surface area contributed by atoms with E-state index in [0.717, 1.165) is 18.2 Å². The van der Waals surface area contributed by atoms with Crippen molar-refractivity contribution in [3.63, 3.8) is 0 Å². The monoisotopic (exact) mass is 334 g/mol. The number of hydrogen-bond acceptors (Lipinski definition) is 4. The fraction of sp³-hybridized carbons (Fsp3) is 0.118. The zero-order valence-corrected chi connectivity index (χ0v) is 12.6. The molecule has 0 aliphatic rings. The number of oxime groups is 1. The quantitative estimate of drug-likeness (QED) is 0.366. The molecule has 0 aliphatic carbocycles. The molecule has 0 radical (unpaired) electrons. The molecule has 0 saturated heterocycles. The third-order valence-electron chi connectivity index (χ3n) is 2.98. The van der Waals surface area contributed by atoms with E-state index in [2.05, 4.69) is 15.0 Å². The largest absolute Gasteiger partial charge is 0.416 e. The van der Waals surface area contributed by atoms with Gasteiger partial charge in [0, 0.05) is 24.0 Å². The first-order valence-corrected chi connectivity index (χ1v) is 6.87. The van der Waals surface area contributed by atoms with Gasteiger partial charge in [-0.3, -0.25) is 4.98 Å². The molecule has 24 heavy (non-hydrogen) atoms. The van der Waals surface area contributed by atoms with Crippen LogP contribution in [0, 0.1) is 0 Å². The van der Waals surface area contributed by atoms with Gasteiger partial charge in [0.15, 0.2) is 0 Å². The summed E-state index contributed by atoms with van der Waals surface area (Å²) in [6, 6.07) is 8.06. The van der Waals surface area contributed by atoms with Crippen molar-refractivity contribution in [3.8, 4) is 0 Å². The lowest BCUT2D eigenvalue weighted by atomic mass is 10.1. The van der Waals surface area contributed by atoms with Crippen LogP contribution in [-0.2, 0) is 15.8 Å². The topological polar surface area (TPSA) is 51.5 Å². The second-order valence-corrected chi connectivity index (χ2v) is 4.79. The summed E-state index contributed by atoms with van der Waals surface area (Å²) in [7, 11) is 0. The van der Waals surface area contributed by atoms with Gasteiger partial charge in [0.2, 0.25) is 0 Å². The molecule has 0 atom stereocenters. The van der Waals surface area contributed by atoms with Gasteiger partial charge >= 0.3 is 12.1 Å². The highest BCUT2D eigenvalue weighted by molar-refractivity contribution is 5.98. The van der Waals surface area contributed by atoms with E-state index in [-0.39, 0.29) is 5.56 Å². The lowest BCUT2D eigenvalue weighted by Gasteiger charge is -2.06. The molecule has 1 aromatic carbocycles. The van der Waals surface area contributed by atoms with Crippen molar-refractivity contribution in [2.45, 2.75) is 13.1 Å². The van der Waals surface area contributed by atoms with Crippen molar-refractivity contribution >= 4 is 17.8 Å². The van der Waals surface area contributed by atoms with Crippen LogP contribution in [0.5, 0.6) is 0 Å². The number of halogens is 3. The number of pyridine rings is 1. The van der Waals surface area contributed by atoms with E-state index in [9.17, 15) is 18.0 Å². The van der Waals surface area contributed by atoms with Gasteiger partial charge in [-0.25, -0.2) is 4.79 Å². The van der Waals surface area contributed by atoms with E-state index in [0.29, 0.717) is 11.3 Å². The number of carbonyl (C=O) groups is 1. The van der Waals surface area contributed by atoms with Crippen LogP contribution in [0.1, 0.15) is 23.6 Å². The second kappa shape index (κ2) is 7.54. The molecular formula is C17H13F3N2O2. The van der Waals surface area contributed by atoms with Crippen LogP contribution in [0.15, 0.2) is 60.0 Å². The van der Waals surface area contributed by atoms with E-state index in [1.165, 1.54) is 18.2 Å². The minimum Gasteiger partial charge on any atom is -0.313 e. The Kier molecular flexibility index (Phi) is 5.47. The van der Waals surface area contributed by atoms with Crippen molar-refractivity contribution in [2.24, 2.45) is 5.16 Å². The van der Waals surface area contributed by atoms with Gasteiger partial charge in [-0.05, 0) is 42.8 Å². The molecule has 0 bridgehead atoms. The average Bonchev–Trinajstić information content (AvgIpc) is 2.58. The molecule has 1 heterocycles. The first-order valence-electron chi connectivity index (χ1n) is 6.87. The molecule has 0 N–H and O–H groups in total. The van der Waals surface area contributed by atoms with Gasteiger partial charge in [0.25, 0.3) is 0 Å². The van der Waals surface area contributed by atoms with Gasteiger partial charge in [-0.15, -0.1) is 0 Å². The van der Waals surface area contributed by atoms with Crippen molar-refractivity contribution < 1.29 is 22.8 Å².